The third-order valence-electron chi connectivity index (χ3n) is 4.93. The monoisotopic (exact) mass is 361 g/mol. The predicted molar refractivity (Wildman–Crippen MR) is 96.1 cm³/mol. The molecule has 1 aromatic rings. The van der Waals surface area contributed by atoms with E-state index in [2.05, 4.69) is 15.2 Å². The Labute approximate surface area is 153 Å². The molecule has 1 aromatic heterocycles. The third kappa shape index (κ3) is 3.48. The summed E-state index contributed by atoms with van der Waals surface area (Å²) in [6.07, 6.45) is 2.50. The minimum absolute atomic E-state index is 0.273. The maximum atomic E-state index is 12.2. The second kappa shape index (κ2) is 6.35. The smallest absolute Gasteiger partial charge is 0.410 e. The zero-order chi connectivity index (χ0) is 18.4. The second-order valence-corrected chi connectivity index (χ2v) is 8.34. The van der Waals surface area contributed by atoms with E-state index in [9.17, 15) is 4.79 Å². The standard InChI is InChI=1S/C18H27N5O3/c1-17(2,3)26-16(24)23-11-18(12-23)10-22(6-7-25-18)15-9-20-14-8-19-5-4-13(14)21-15/h9,19H,4-8,10-12H2,1-3H3. The number of likely N-dealkylation sites (tertiary alicyclic amines) is 1. The lowest BCUT2D eigenvalue weighted by Gasteiger charge is -2.53. The van der Waals surface area contributed by atoms with Crippen molar-refractivity contribution >= 4 is 11.9 Å². The lowest BCUT2D eigenvalue weighted by Crippen LogP contribution is -2.71. The number of hydrogen-bond donors (Lipinski definition) is 1. The van der Waals surface area contributed by atoms with Crippen molar-refractivity contribution in [2.24, 2.45) is 0 Å². The molecule has 0 aromatic carbocycles. The van der Waals surface area contributed by atoms with Gasteiger partial charge in [-0.25, -0.2) is 9.78 Å². The van der Waals surface area contributed by atoms with Gasteiger partial charge in [0.2, 0.25) is 0 Å². The summed E-state index contributed by atoms with van der Waals surface area (Å²) in [6, 6.07) is 0. The molecule has 26 heavy (non-hydrogen) atoms. The minimum atomic E-state index is -0.479. The van der Waals surface area contributed by atoms with E-state index >= 15 is 0 Å². The van der Waals surface area contributed by atoms with Crippen molar-refractivity contribution in [1.82, 2.24) is 20.2 Å². The van der Waals surface area contributed by atoms with Crippen LogP contribution in [0.4, 0.5) is 10.6 Å². The Bertz CT molecular complexity index is 697. The molecule has 8 heteroatoms. The van der Waals surface area contributed by atoms with Crippen LogP contribution in [0, 0.1) is 0 Å². The first-order valence-electron chi connectivity index (χ1n) is 9.26. The predicted octanol–water partition coefficient (Wildman–Crippen LogP) is 0.948. The molecule has 0 atom stereocenters. The molecule has 3 aliphatic heterocycles. The Morgan fingerprint density at radius 2 is 2.12 bits per heavy atom. The molecule has 3 aliphatic rings. The second-order valence-electron chi connectivity index (χ2n) is 8.34. The third-order valence-corrected chi connectivity index (χ3v) is 4.93. The van der Waals surface area contributed by atoms with Crippen molar-refractivity contribution in [2.75, 3.05) is 44.2 Å². The number of hydrogen-bond acceptors (Lipinski definition) is 7. The summed E-state index contributed by atoms with van der Waals surface area (Å²) >= 11 is 0. The number of morpholine rings is 1. The van der Waals surface area contributed by atoms with Crippen molar-refractivity contribution in [3.63, 3.8) is 0 Å². The Kier molecular flexibility index (Phi) is 4.27. The summed E-state index contributed by atoms with van der Waals surface area (Å²) in [5, 5.41) is 3.32. The normalized spacial score (nSPS) is 22.0. The van der Waals surface area contributed by atoms with Crippen LogP contribution < -0.4 is 10.2 Å². The number of carbonyl (C=O) groups excluding carboxylic acids is 1. The van der Waals surface area contributed by atoms with E-state index in [1.54, 1.807) is 4.90 Å². The molecule has 4 rings (SSSR count). The van der Waals surface area contributed by atoms with Crippen LogP contribution in [0.3, 0.4) is 0 Å². The Morgan fingerprint density at radius 1 is 1.31 bits per heavy atom. The molecule has 0 unspecified atom stereocenters. The molecular formula is C18H27N5O3. The Hall–Kier alpha value is -1.93. The molecule has 1 spiro atoms. The van der Waals surface area contributed by atoms with Crippen LogP contribution in [0.1, 0.15) is 32.2 Å². The molecule has 0 bridgehead atoms. The van der Waals surface area contributed by atoms with Crippen molar-refractivity contribution < 1.29 is 14.3 Å². The highest BCUT2D eigenvalue weighted by atomic mass is 16.6. The quantitative estimate of drug-likeness (QED) is 0.798. The summed E-state index contributed by atoms with van der Waals surface area (Å²) in [6.45, 7) is 10.6. The molecule has 1 amide bonds. The minimum Gasteiger partial charge on any atom is -0.444 e. The SMILES string of the molecule is CC(C)(C)OC(=O)N1CC2(C1)CN(c1cnc3c(n1)CCNC3)CCO2. The van der Waals surface area contributed by atoms with Crippen molar-refractivity contribution in [3.05, 3.63) is 17.6 Å². The number of aromatic nitrogens is 2. The summed E-state index contributed by atoms with van der Waals surface area (Å²) in [5.74, 6) is 0.907. The van der Waals surface area contributed by atoms with Gasteiger partial charge in [0.05, 0.1) is 43.8 Å². The molecule has 8 nitrogen and oxygen atoms in total. The van der Waals surface area contributed by atoms with Crippen molar-refractivity contribution in [3.8, 4) is 0 Å². The van der Waals surface area contributed by atoms with E-state index < -0.39 is 5.60 Å². The first-order valence-corrected chi connectivity index (χ1v) is 9.26. The number of ether oxygens (including phenoxy) is 2. The fourth-order valence-corrected chi connectivity index (χ4v) is 3.69. The number of amides is 1. The molecule has 0 aliphatic carbocycles. The van der Waals surface area contributed by atoms with E-state index in [1.807, 2.05) is 27.0 Å². The number of nitrogens with one attached hydrogen (secondary N) is 1. The molecule has 0 saturated carbocycles. The molecule has 4 heterocycles. The van der Waals surface area contributed by atoms with Gasteiger partial charge in [0.25, 0.3) is 0 Å². The number of carbonyl (C=O) groups is 1. The van der Waals surface area contributed by atoms with Gasteiger partial charge in [0, 0.05) is 26.1 Å². The van der Waals surface area contributed by atoms with Gasteiger partial charge in [-0.1, -0.05) is 0 Å². The highest BCUT2D eigenvalue weighted by Gasteiger charge is 2.50. The zero-order valence-corrected chi connectivity index (χ0v) is 15.7. The first kappa shape index (κ1) is 17.5. The van der Waals surface area contributed by atoms with E-state index in [0.717, 1.165) is 49.8 Å². The van der Waals surface area contributed by atoms with Gasteiger partial charge in [0.15, 0.2) is 0 Å². The highest BCUT2D eigenvalue weighted by molar-refractivity contribution is 5.70. The van der Waals surface area contributed by atoms with Gasteiger partial charge in [-0.15, -0.1) is 0 Å². The van der Waals surface area contributed by atoms with E-state index in [0.29, 0.717) is 19.7 Å². The molecular weight excluding hydrogens is 334 g/mol. The zero-order valence-electron chi connectivity index (χ0n) is 15.7. The van der Waals surface area contributed by atoms with E-state index in [1.165, 1.54) is 0 Å². The maximum absolute atomic E-state index is 12.2. The lowest BCUT2D eigenvalue weighted by molar-refractivity contribution is -0.144. The molecule has 142 valence electrons. The number of rotatable bonds is 1. The van der Waals surface area contributed by atoms with Crippen LogP contribution in [0.5, 0.6) is 0 Å². The Balaban J connectivity index is 1.40. The van der Waals surface area contributed by atoms with Gasteiger partial charge >= 0.3 is 6.09 Å². The summed E-state index contributed by atoms with van der Waals surface area (Å²) in [7, 11) is 0. The highest BCUT2D eigenvalue weighted by Crippen LogP contribution is 2.32. The molecule has 2 fully saturated rings. The van der Waals surface area contributed by atoms with Gasteiger partial charge in [-0.2, -0.15) is 0 Å². The van der Waals surface area contributed by atoms with Crippen LogP contribution in [-0.4, -0.2) is 71.5 Å². The average molecular weight is 361 g/mol. The number of anilines is 1. The fraction of sp³-hybridized carbons (Fsp3) is 0.722. The number of fused-ring (bicyclic) bond motifs is 1. The van der Waals surface area contributed by atoms with Crippen molar-refractivity contribution in [1.29, 1.82) is 0 Å². The van der Waals surface area contributed by atoms with Crippen molar-refractivity contribution in [2.45, 2.75) is 44.9 Å². The largest absolute Gasteiger partial charge is 0.444 e. The Morgan fingerprint density at radius 3 is 2.88 bits per heavy atom. The fourth-order valence-electron chi connectivity index (χ4n) is 3.69. The lowest BCUT2D eigenvalue weighted by atomic mass is 9.92. The molecule has 1 N–H and O–H groups in total. The van der Waals surface area contributed by atoms with E-state index in [-0.39, 0.29) is 11.7 Å². The average Bonchev–Trinajstić information content (AvgIpc) is 2.57. The van der Waals surface area contributed by atoms with Crippen LogP contribution in [0.2, 0.25) is 0 Å². The number of nitrogens with zero attached hydrogens (tertiary/aromatic N) is 4. The summed E-state index contributed by atoms with van der Waals surface area (Å²) in [5.41, 5.74) is 1.33. The summed E-state index contributed by atoms with van der Waals surface area (Å²) in [4.78, 5) is 25.5. The van der Waals surface area contributed by atoms with E-state index in [4.69, 9.17) is 14.5 Å². The molecule has 0 radical (unpaired) electrons. The maximum Gasteiger partial charge on any atom is 0.410 e. The topological polar surface area (TPSA) is 79.8 Å². The van der Waals surface area contributed by atoms with Gasteiger partial charge in [0.1, 0.15) is 17.0 Å². The summed E-state index contributed by atoms with van der Waals surface area (Å²) < 4.78 is 11.5. The van der Waals surface area contributed by atoms with Crippen LogP contribution >= 0.6 is 0 Å². The van der Waals surface area contributed by atoms with Crippen LogP contribution in [0.25, 0.3) is 0 Å². The first-order chi connectivity index (χ1) is 12.3. The van der Waals surface area contributed by atoms with Crippen LogP contribution in [0.15, 0.2) is 6.20 Å². The molecule has 2 saturated heterocycles. The van der Waals surface area contributed by atoms with Gasteiger partial charge in [-0.3, -0.25) is 4.98 Å². The van der Waals surface area contributed by atoms with Crippen LogP contribution in [-0.2, 0) is 22.4 Å². The van der Waals surface area contributed by atoms with Gasteiger partial charge < -0.3 is 24.6 Å². The van der Waals surface area contributed by atoms with Gasteiger partial charge in [-0.05, 0) is 20.8 Å².